The van der Waals surface area contributed by atoms with Crippen molar-refractivity contribution in [2.75, 3.05) is 44.2 Å². The number of rotatable bonds is 3. The summed E-state index contributed by atoms with van der Waals surface area (Å²) in [5.41, 5.74) is 2.78. The fourth-order valence-corrected chi connectivity index (χ4v) is 7.64. The number of nitrogens with zero attached hydrogens (tertiary/aromatic N) is 3. The molecule has 4 heteroatoms. The Bertz CT molecular complexity index is 814. The first-order chi connectivity index (χ1) is 16.2. The van der Waals surface area contributed by atoms with E-state index in [2.05, 4.69) is 39.0 Å². The predicted molar refractivity (Wildman–Crippen MR) is 135 cm³/mol. The van der Waals surface area contributed by atoms with E-state index >= 15 is 0 Å². The SMILES string of the molecule is O=C(c1ccc(N2CCC3(CC2)CCN(C2CCC2)CC3)cc1)N1CC[C@H]2CCCC[C@@H]2C1. The van der Waals surface area contributed by atoms with Gasteiger partial charge in [-0.1, -0.05) is 25.7 Å². The largest absolute Gasteiger partial charge is 0.371 e. The van der Waals surface area contributed by atoms with Crippen molar-refractivity contribution in [2.45, 2.75) is 83.1 Å². The number of anilines is 1. The third-order valence-corrected chi connectivity index (χ3v) is 10.3. The quantitative estimate of drug-likeness (QED) is 0.603. The number of piperidine rings is 3. The summed E-state index contributed by atoms with van der Waals surface area (Å²) < 4.78 is 0. The smallest absolute Gasteiger partial charge is 0.253 e. The van der Waals surface area contributed by atoms with Gasteiger partial charge in [0.15, 0.2) is 0 Å². The second kappa shape index (κ2) is 9.24. The lowest BCUT2D eigenvalue weighted by Gasteiger charge is -2.50. The topological polar surface area (TPSA) is 26.8 Å². The van der Waals surface area contributed by atoms with Gasteiger partial charge in [-0.25, -0.2) is 0 Å². The number of hydrogen-bond donors (Lipinski definition) is 0. The number of amides is 1. The van der Waals surface area contributed by atoms with Crippen molar-refractivity contribution >= 4 is 11.6 Å². The Morgan fingerprint density at radius 3 is 2.06 bits per heavy atom. The molecule has 180 valence electrons. The van der Waals surface area contributed by atoms with Crippen molar-refractivity contribution in [1.82, 2.24) is 9.80 Å². The summed E-state index contributed by atoms with van der Waals surface area (Å²) in [5, 5.41) is 0. The molecule has 6 rings (SSSR count). The Hall–Kier alpha value is -1.55. The number of likely N-dealkylation sites (tertiary alicyclic amines) is 2. The van der Waals surface area contributed by atoms with Gasteiger partial charge in [0, 0.05) is 43.5 Å². The first-order valence-corrected chi connectivity index (χ1v) is 14.1. The van der Waals surface area contributed by atoms with E-state index in [0.717, 1.165) is 36.5 Å². The van der Waals surface area contributed by atoms with Crippen molar-refractivity contribution in [3.63, 3.8) is 0 Å². The average Bonchev–Trinajstić information content (AvgIpc) is 2.84. The molecule has 3 aliphatic heterocycles. The molecule has 3 saturated heterocycles. The molecule has 0 radical (unpaired) electrons. The van der Waals surface area contributed by atoms with Gasteiger partial charge in [-0.15, -0.1) is 0 Å². The van der Waals surface area contributed by atoms with Crippen LogP contribution >= 0.6 is 0 Å². The summed E-state index contributed by atoms with van der Waals surface area (Å²) in [6, 6.07) is 9.51. The number of benzene rings is 1. The minimum Gasteiger partial charge on any atom is -0.371 e. The molecule has 2 aliphatic carbocycles. The maximum Gasteiger partial charge on any atom is 0.253 e. The van der Waals surface area contributed by atoms with Gasteiger partial charge in [-0.3, -0.25) is 4.79 Å². The maximum atomic E-state index is 13.2. The zero-order chi connectivity index (χ0) is 22.3. The molecule has 1 aromatic rings. The lowest BCUT2D eigenvalue weighted by atomic mass is 9.70. The first-order valence-electron chi connectivity index (χ1n) is 14.1. The van der Waals surface area contributed by atoms with Crippen LogP contribution < -0.4 is 4.90 Å². The monoisotopic (exact) mass is 449 g/mol. The lowest BCUT2D eigenvalue weighted by molar-refractivity contribution is 0.0306. The van der Waals surface area contributed by atoms with Crippen molar-refractivity contribution in [3.05, 3.63) is 29.8 Å². The Morgan fingerprint density at radius 1 is 0.727 bits per heavy atom. The summed E-state index contributed by atoms with van der Waals surface area (Å²) in [5.74, 6) is 1.87. The highest BCUT2D eigenvalue weighted by atomic mass is 16.2. The van der Waals surface area contributed by atoms with Crippen molar-refractivity contribution in [2.24, 2.45) is 17.3 Å². The molecular weight excluding hydrogens is 406 g/mol. The molecule has 1 aromatic carbocycles. The van der Waals surface area contributed by atoms with Crippen molar-refractivity contribution in [1.29, 1.82) is 0 Å². The van der Waals surface area contributed by atoms with E-state index in [4.69, 9.17) is 0 Å². The molecule has 4 nitrogen and oxygen atoms in total. The van der Waals surface area contributed by atoms with Gasteiger partial charge in [0.1, 0.15) is 0 Å². The summed E-state index contributed by atoms with van der Waals surface area (Å²) >= 11 is 0. The second-order valence-corrected chi connectivity index (χ2v) is 12.0. The molecule has 33 heavy (non-hydrogen) atoms. The van der Waals surface area contributed by atoms with Gasteiger partial charge in [0.2, 0.25) is 0 Å². The number of carbonyl (C=O) groups excluding carboxylic acids is 1. The normalized spacial score (nSPS) is 30.7. The summed E-state index contributed by atoms with van der Waals surface area (Å²) in [6.07, 6.45) is 16.5. The summed E-state index contributed by atoms with van der Waals surface area (Å²) in [4.78, 5) is 20.7. The van der Waals surface area contributed by atoms with Crippen LogP contribution in [-0.4, -0.2) is 61.0 Å². The van der Waals surface area contributed by atoms with Gasteiger partial charge in [0.25, 0.3) is 5.91 Å². The van der Waals surface area contributed by atoms with Crippen LogP contribution in [-0.2, 0) is 0 Å². The van der Waals surface area contributed by atoms with Crippen LogP contribution in [0.15, 0.2) is 24.3 Å². The van der Waals surface area contributed by atoms with Gasteiger partial charge in [-0.05, 0) is 106 Å². The fourth-order valence-electron chi connectivity index (χ4n) is 7.64. The standard InChI is InChI=1S/C29H43N3O/c33-28(32-17-12-23-4-1-2-5-25(23)22-32)24-8-10-27(11-9-24)31-20-15-29(16-21-31)13-18-30(19-14-29)26-6-3-7-26/h8-11,23,25-26H,1-7,12-22H2/t23-,25-/m1/s1. The zero-order valence-corrected chi connectivity index (χ0v) is 20.5. The van der Waals surface area contributed by atoms with Crippen molar-refractivity contribution < 1.29 is 4.79 Å². The Labute approximate surface area is 200 Å². The number of hydrogen-bond acceptors (Lipinski definition) is 3. The molecule has 0 unspecified atom stereocenters. The van der Waals surface area contributed by atoms with Crippen LogP contribution in [0.5, 0.6) is 0 Å². The second-order valence-electron chi connectivity index (χ2n) is 12.0. The van der Waals surface area contributed by atoms with E-state index in [-0.39, 0.29) is 5.91 Å². The molecule has 2 saturated carbocycles. The molecule has 0 N–H and O–H groups in total. The lowest BCUT2D eigenvalue weighted by Crippen LogP contribution is -2.50. The zero-order valence-electron chi connectivity index (χ0n) is 20.5. The highest BCUT2D eigenvalue weighted by molar-refractivity contribution is 5.94. The van der Waals surface area contributed by atoms with Crippen LogP contribution in [0.25, 0.3) is 0 Å². The average molecular weight is 450 g/mol. The molecule has 2 atom stereocenters. The predicted octanol–water partition coefficient (Wildman–Crippen LogP) is 5.57. The highest BCUT2D eigenvalue weighted by Gasteiger charge is 2.40. The summed E-state index contributed by atoms with van der Waals surface area (Å²) in [6.45, 7) is 6.95. The third kappa shape index (κ3) is 4.45. The van der Waals surface area contributed by atoms with E-state index in [1.165, 1.54) is 109 Å². The molecule has 1 amide bonds. The minimum absolute atomic E-state index is 0.251. The Morgan fingerprint density at radius 2 is 1.39 bits per heavy atom. The van der Waals surface area contributed by atoms with E-state index in [1.807, 2.05) is 0 Å². The highest BCUT2D eigenvalue weighted by Crippen LogP contribution is 2.43. The maximum absolute atomic E-state index is 13.2. The van der Waals surface area contributed by atoms with E-state index in [1.54, 1.807) is 0 Å². The molecular formula is C29H43N3O. The van der Waals surface area contributed by atoms with Crippen LogP contribution in [0.1, 0.15) is 87.4 Å². The van der Waals surface area contributed by atoms with Gasteiger partial charge < -0.3 is 14.7 Å². The Kier molecular flexibility index (Phi) is 6.15. The molecule has 5 fully saturated rings. The molecule has 3 heterocycles. The third-order valence-electron chi connectivity index (χ3n) is 10.3. The van der Waals surface area contributed by atoms with Crippen molar-refractivity contribution in [3.8, 4) is 0 Å². The molecule has 5 aliphatic rings. The molecule has 1 spiro atoms. The first kappa shape index (κ1) is 21.9. The molecule has 0 bridgehead atoms. The van der Waals surface area contributed by atoms with E-state index in [9.17, 15) is 4.79 Å². The van der Waals surface area contributed by atoms with Gasteiger partial charge >= 0.3 is 0 Å². The molecule has 0 aromatic heterocycles. The van der Waals surface area contributed by atoms with Gasteiger partial charge in [0.05, 0.1) is 0 Å². The Balaban J connectivity index is 1.02. The van der Waals surface area contributed by atoms with E-state index in [0.29, 0.717) is 5.41 Å². The van der Waals surface area contributed by atoms with Gasteiger partial charge in [-0.2, -0.15) is 0 Å². The number of fused-ring (bicyclic) bond motifs is 1. The van der Waals surface area contributed by atoms with E-state index < -0.39 is 0 Å². The number of carbonyl (C=O) groups is 1. The van der Waals surface area contributed by atoms with Crippen LogP contribution in [0, 0.1) is 17.3 Å². The van der Waals surface area contributed by atoms with Crippen LogP contribution in [0.4, 0.5) is 5.69 Å². The van der Waals surface area contributed by atoms with Crippen LogP contribution in [0.2, 0.25) is 0 Å². The fraction of sp³-hybridized carbons (Fsp3) is 0.759. The summed E-state index contributed by atoms with van der Waals surface area (Å²) in [7, 11) is 0. The van der Waals surface area contributed by atoms with Crippen LogP contribution in [0.3, 0.4) is 0 Å². The minimum atomic E-state index is 0.251.